The lowest BCUT2D eigenvalue weighted by atomic mass is 9.76. The number of unbranched alkanes of at least 4 members (excludes halogenated alkanes) is 1. The second-order valence-electron chi connectivity index (χ2n) is 17.1. The van der Waals surface area contributed by atoms with Gasteiger partial charge in [0, 0.05) is 0 Å². The molecule has 0 heterocycles. The molecule has 0 aliphatic carbocycles. The van der Waals surface area contributed by atoms with E-state index in [1.807, 2.05) is 0 Å². The first-order valence-electron chi connectivity index (χ1n) is 19.8. The summed E-state index contributed by atoms with van der Waals surface area (Å²) in [5.74, 6) is 0. The molecule has 8 aromatic carbocycles. The molecular formula is C54H52. The van der Waals surface area contributed by atoms with Gasteiger partial charge in [-0.15, -0.1) is 0 Å². The van der Waals surface area contributed by atoms with Crippen molar-refractivity contribution >= 4 is 32.3 Å². The molecule has 0 unspecified atom stereocenters. The predicted molar refractivity (Wildman–Crippen MR) is 237 cm³/mol. The molecule has 0 spiro atoms. The molecule has 0 N–H and O–H groups in total. The Morgan fingerprint density at radius 1 is 0.352 bits per heavy atom. The van der Waals surface area contributed by atoms with Crippen molar-refractivity contribution in [3.63, 3.8) is 0 Å². The van der Waals surface area contributed by atoms with Gasteiger partial charge >= 0.3 is 0 Å². The highest BCUT2D eigenvalue weighted by atomic mass is 14.3. The molecule has 0 saturated carbocycles. The van der Waals surface area contributed by atoms with Gasteiger partial charge < -0.3 is 0 Å². The second kappa shape index (κ2) is 14.1. The molecule has 8 aromatic rings. The summed E-state index contributed by atoms with van der Waals surface area (Å²) in [6.45, 7) is 16.1. The summed E-state index contributed by atoms with van der Waals surface area (Å²) in [7, 11) is 0. The van der Waals surface area contributed by atoms with Crippen LogP contribution >= 0.6 is 0 Å². The molecule has 0 nitrogen and oxygen atoms in total. The highest BCUT2D eigenvalue weighted by molar-refractivity contribution is 6.34. The van der Waals surface area contributed by atoms with Gasteiger partial charge in [-0.1, -0.05) is 207 Å². The number of fused-ring (bicyclic) bond motifs is 3. The number of benzene rings is 8. The lowest BCUT2D eigenvalue weighted by Gasteiger charge is -2.27. The van der Waals surface area contributed by atoms with Crippen LogP contribution in [0.4, 0.5) is 0 Å². The van der Waals surface area contributed by atoms with E-state index < -0.39 is 0 Å². The number of rotatable bonds is 7. The van der Waals surface area contributed by atoms with Crippen LogP contribution < -0.4 is 0 Å². The van der Waals surface area contributed by atoms with Crippen molar-refractivity contribution in [2.75, 3.05) is 0 Å². The third-order valence-electron chi connectivity index (χ3n) is 11.4. The van der Waals surface area contributed by atoms with Crippen LogP contribution in [-0.4, -0.2) is 0 Å². The van der Waals surface area contributed by atoms with Gasteiger partial charge in [-0.05, 0) is 117 Å². The standard InChI is InChI=1S/C54H52/c1-8-9-19-36-24-18-27-45-48(36)50(38-22-14-11-15-23-38)52-47(39-28-32-41(33-29-39)53(2,3)4)44-26-17-16-25-43(44)46(37-20-12-10-13-21-37)51(52)49(45)40-30-34-42(35-31-40)54(5,6)7/h10-18,20-35H,8-9,19H2,1-7H3. The van der Waals surface area contributed by atoms with Gasteiger partial charge in [0.15, 0.2) is 0 Å². The molecule has 0 aliphatic rings. The molecule has 0 radical (unpaired) electrons. The monoisotopic (exact) mass is 700 g/mol. The molecule has 0 saturated heterocycles. The maximum atomic E-state index is 2.39. The van der Waals surface area contributed by atoms with Crippen molar-refractivity contribution in [1.82, 2.24) is 0 Å². The van der Waals surface area contributed by atoms with Gasteiger partial charge in [-0.3, -0.25) is 0 Å². The van der Waals surface area contributed by atoms with Crippen LogP contribution in [0.25, 0.3) is 76.8 Å². The van der Waals surface area contributed by atoms with Gasteiger partial charge in [0.2, 0.25) is 0 Å². The highest BCUT2D eigenvalue weighted by Gasteiger charge is 2.27. The normalized spacial score (nSPS) is 12.2. The Kier molecular flexibility index (Phi) is 9.27. The molecule has 0 fully saturated rings. The third-order valence-corrected chi connectivity index (χ3v) is 11.4. The number of aryl methyl sites for hydroxylation is 1. The maximum absolute atomic E-state index is 2.39. The summed E-state index contributed by atoms with van der Waals surface area (Å²) < 4.78 is 0. The molecule has 0 bridgehead atoms. The van der Waals surface area contributed by atoms with Gasteiger partial charge in [0.05, 0.1) is 0 Å². The lowest BCUT2D eigenvalue weighted by Crippen LogP contribution is -2.10. The van der Waals surface area contributed by atoms with Crippen LogP contribution in [0.15, 0.2) is 152 Å². The van der Waals surface area contributed by atoms with Crippen molar-refractivity contribution in [3.05, 3.63) is 168 Å². The minimum absolute atomic E-state index is 0.0605. The van der Waals surface area contributed by atoms with Gasteiger partial charge in [0.25, 0.3) is 0 Å². The fraction of sp³-hybridized carbons (Fsp3) is 0.222. The van der Waals surface area contributed by atoms with E-state index in [-0.39, 0.29) is 10.8 Å². The zero-order chi connectivity index (χ0) is 37.6. The Bertz CT molecular complexity index is 2590. The Labute approximate surface area is 322 Å². The van der Waals surface area contributed by atoms with Crippen LogP contribution in [-0.2, 0) is 17.3 Å². The molecule has 0 aromatic heterocycles. The quantitative estimate of drug-likeness (QED) is 0.145. The van der Waals surface area contributed by atoms with E-state index in [1.165, 1.54) is 93.5 Å². The summed E-state index contributed by atoms with van der Waals surface area (Å²) in [6.07, 6.45) is 3.34. The van der Waals surface area contributed by atoms with E-state index in [2.05, 4.69) is 200 Å². The van der Waals surface area contributed by atoms with Crippen LogP contribution in [0.2, 0.25) is 0 Å². The molecule has 0 heteroatoms. The van der Waals surface area contributed by atoms with Crippen LogP contribution in [0.1, 0.15) is 78.0 Å². The molecule has 8 rings (SSSR count). The predicted octanol–water partition coefficient (Wildman–Crippen LogP) is 15.8. The maximum Gasteiger partial charge on any atom is -0.000129 e. The zero-order valence-corrected chi connectivity index (χ0v) is 33.1. The Hall–Kier alpha value is -5.46. The van der Waals surface area contributed by atoms with Gasteiger partial charge in [-0.25, -0.2) is 0 Å². The fourth-order valence-electron chi connectivity index (χ4n) is 8.55. The summed E-state index contributed by atoms with van der Waals surface area (Å²) in [4.78, 5) is 0. The Balaban J connectivity index is 1.70. The number of hydrogen-bond donors (Lipinski definition) is 0. The molecule has 0 atom stereocenters. The summed E-state index contributed by atoms with van der Waals surface area (Å²) >= 11 is 0. The zero-order valence-electron chi connectivity index (χ0n) is 33.1. The van der Waals surface area contributed by atoms with Crippen molar-refractivity contribution in [2.24, 2.45) is 0 Å². The SMILES string of the molecule is CCCCc1cccc2c(-c3ccc(C(C)(C)C)cc3)c3c(-c4ccccc4)c4ccccc4c(-c4ccc(C(C)(C)C)cc4)c3c(-c3ccccc3)c12. The first-order valence-corrected chi connectivity index (χ1v) is 19.8. The van der Waals surface area contributed by atoms with Gasteiger partial charge in [0.1, 0.15) is 0 Å². The van der Waals surface area contributed by atoms with Crippen LogP contribution in [0.3, 0.4) is 0 Å². The van der Waals surface area contributed by atoms with Crippen molar-refractivity contribution < 1.29 is 0 Å². The Morgan fingerprint density at radius 3 is 1.20 bits per heavy atom. The molecule has 0 amide bonds. The second-order valence-corrected chi connectivity index (χ2v) is 17.1. The molecule has 54 heavy (non-hydrogen) atoms. The van der Waals surface area contributed by atoms with Gasteiger partial charge in [-0.2, -0.15) is 0 Å². The van der Waals surface area contributed by atoms with Crippen LogP contribution in [0, 0.1) is 0 Å². The average molecular weight is 701 g/mol. The summed E-state index contributed by atoms with van der Waals surface area (Å²) in [5.41, 5.74) is 14.5. The summed E-state index contributed by atoms with van der Waals surface area (Å²) in [5, 5.41) is 7.90. The lowest BCUT2D eigenvalue weighted by molar-refractivity contribution is 0.590. The highest BCUT2D eigenvalue weighted by Crippen LogP contribution is 2.54. The molecule has 0 aliphatic heterocycles. The number of hydrogen-bond acceptors (Lipinski definition) is 0. The van der Waals surface area contributed by atoms with Crippen molar-refractivity contribution in [1.29, 1.82) is 0 Å². The van der Waals surface area contributed by atoms with E-state index in [1.54, 1.807) is 0 Å². The smallest absolute Gasteiger partial charge is 0.000129 e. The minimum atomic E-state index is 0.0605. The first kappa shape index (κ1) is 35.6. The largest absolute Gasteiger partial charge is 0.0654 e. The Morgan fingerprint density at radius 2 is 0.741 bits per heavy atom. The topological polar surface area (TPSA) is 0 Å². The molecule has 268 valence electrons. The van der Waals surface area contributed by atoms with E-state index >= 15 is 0 Å². The van der Waals surface area contributed by atoms with Crippen molar-refractivity contribution in [2.45, 2.75) is 78.6 Å². The first-order chi connectivity index (χ1) is 26.1. The fourth-order valence-corrected chi connectivity index (χ4v) is 8.55. The van der Waals surface area contributed by atoms with E-state index in [9.17, 15) is 0 Å². The van der Waals surface area contributed by atoms with E-state index in [0.29, 0.717) is 0 Å². The van der Waals surface area contributed by atoms with Crippen molar-refractivity contribution in [3.8, 4) is 44.5 Å². The van der Waals surface area contributed by atoms with E-state index in [0.717, 1.165) is 19.3 Å². The average Bonchev–Trinajstić information content (AvgIpc) is 3.18. The summed E-state index contributed by atoms with van der Waals surface area (Å²) in [6, 6.07) is 57.5. The third kappa shape index (κ3) is 6.32. The van der Waals surface area contributed by atoms with Crippen LogP contribution in [0.5, 0.6) is 0 Å². The minimum Gasteiger partial charge on any atom is -0.0654 e. The van der Waals surface area contributed by atoms with E-state index in [4.69, 9.17) is 0 Å². The molecular weight excluding hydrogens is 649 g/mol.